The molecule has 0 aromatic carbocycles. The summed E-state index contributed by atoms with van der Waals surface area (Å²) in [6.45, 7) is 1.41. The van der Waals surface area contributed by atoms with Crippen LogP contribution in [0.25, 0.3) is 0 Å². The molecule has 2 heterocycles. The highest BCUT2D eigenvalue weighted by atomic mass is 35.5. The molecule has 2 aromatic rings. The molecule has 7 heteroatoms. The molecule has 19 heavy (non-hydrogen) atoms. The van der Waals surface area contributed by atoms with Gasteiger partial charge in [0.05, 0.1) is 23.5 Å². The van der Waals surface area contributed by atoms with Gasteiger partial charge in [-0.1, -0.05) is 11.6 Å². The highest BCUT2D eigenvalue weighted by molar-refractivity contribution is 6.31. The van der Waals surface area contributed by atoms with Crippen LogP contribution in [0.2, 0.25) is 10.2 Å². The number of hydrogen-bond acceptors (Lipinski definition) is 4. The van der Waals surface area contributed by atoms with E-state index in [1.54, 1.807) is 16.8 Å². The molecule has 0 aliphatic heterocycles. The molecule has 0 fully saturated rings. The second kappa shape index (κ2) is 5.96. The molecule has 5 nitrogen and oxygen atoms in total. The Hall–Kier alpha value is -1.01. The number of hydrogen-bond donors (Lipinski definition) is 1. The van der Waals surface area contributed by atoms with Crippen molar-refractivity contribution < 1.29 is 9.52 Å². The quantitative estimate of drug-likeness (QED) is 0.922. The molecule has 1 N–H and O–H groups in total. The topological polar surface area (TPSA) is 54.4 Å². The van der Waals surface area contributed by atoms with Crippen LogP contribution in [0.1, 0.15) is 17.6 Å². The van der Waals surface area contributed by atoms with Gasteiger partial charge < -0.3 is 14.4 Å². The van der Waals surface area contributed by atoms with E-state index >= 15 is 0 Å². The van der Waals surface area contributed by atoms with Crippen molar-refractivity contribution in [1.82, 2.24) is 14.7 Å². The fraction of sp³-hybridized carbons (Fsp3) is 0.417. The van der Waals surface area contributed by atoms with Crippen molar-refractivity contribution in [2.24, 2.45) is 0 Å². The van der Waals surface area contributed by atoms with Crippen molar-refractivity contribution in [2.75, 3.05) is 20.6 Å². The molecule has 2 aromatic heterocycles. The van der Waals surface area contributed by atoms with Gasteiger partial charge in [-0.05, 0) is 37.8 Å². The van der Waals surface area contributed by atoms with Crippen LogP contribution in [0, 0.1) is 0 Å². The van der Waals surface area contributed by atoms with Crippen molar-refractivity contribution in [3.8, 4) is 0 Å². The number of aromatic nitrogens is 2. The van der Waals surface area contributed by atoms with Gasteiger partial charge in [-0.2, -0.15) is 5.10 Å². The van der Waals surface area contributed by atoms with Crippen LogP contribution in [0.4, 0.5) is 0 Å². The Bertz CT molecular complexity index is 551. The van der Waals surface area contributed by atoms with Crippen molar-refractivity contribution >= 4 is 23.2 Å². The van der Waals surface area contributed by atoms with Crippen LogP contribution >= 0.6 is 23.2 Å². The highest BCUT2D eigenvalue weighted by Crippen LogP contribution is 2.30. The van der Waals surface area contributed by atoms with Crippen molar-refractivity contribution in [2.45, 2.75) is 12.6 Å². The third-order valence-electron chi connectivity index (χ3n) is 2.71. The lowest BCUT2D eigenvalue weighted by atomic mass is 10.2. The van der Waals surface area contributed by atoms with E-state index in [2.05, 4.69) is 5.10 Å². The highest BCUT2D eigenvalue weighted by Gasteiger charge is 2.22. The first kappa shape index (κ1) is 14.4. The van der Waals surface area contributed by atoms with Crippen LogP contribution in [-0.4, -0.2) is 40.4 Å². The average Bonchev–Trinajstić information content (AvgIpc) is 2.92. The number of nitrogens with zero attached hydrogens (tertiary/aromatic N) is 3. The standard InChI is InChI=1S/C12H15Cl2N3O2/c1-16(2)5-6-17-11(8(13)7-15-17)12(18)9-3-4-10(14)19-9/h3-4,7,12,18H,5-6H2,1-2H3. The van der Waals surface area contributed by atoms with Gasteiger partial charge in [0.15, 0.2) is 11.3 Å². The van der Waals surface area contributed by atoms with Crippen LogP contribution in [0.15, 0.2) is 22.7 Å². The van der Waals surface area contributed by atoms with Gasteiger partial charge >= 0.3 is 0 Å². The minimum Gasteiger partial charge on any atom is -0.447 e. The van der Waals surface area contributed by atoms with E-state index in [1.807, 2.05) is 19.0 Å². The molecule has 104 valence electrons. The van der Waals surface area contributed by atoms with Crippen LogP contribution in [-0.2, 0) is 6.54 Å². The maximum atomic E-state index is 10.3. The van der Waals surface area contributed by atoms with Gasteiger partial charge in [0.2, 0.25) is 0 Å². The molecular formula is C12H15Cl2N3O2. The number of aliphatic hydroxyl groups is 1. The molecule has 0 amide bonds. The van der Waals surface area contributed by atoms with E-state index in [1.165, 1.54) is 6.20 Å². The van der Waals surface area contributed by atoms with Gasteiger partial charge in [0.1, 0.15) is 5.76 Å². The predicted octanol–water partition coefficient (Wildman–Crippen LogP) is 2.43. The number of furan rings is 1. The lowest BCUT2D eigenvalue weighted by molar-refractivity contribution is 0.177. The van der Waals surface area contributed by atoms with Gasteiger partial charge in [0.25, 0.3) is 0 Å². The molecule has 0 aliphatic carbocycles. The minimum absolute atomic E-state index is 0.226. The number of likely N-dealkylation sites (N-methyl/N-ethyl adjacent to an activating group) is 1. The molecule has 0 aliphatic rings. The molecular weight excluding hydrogens is 289 g/mol. The fourth-order valence-corrected chi connectivity index (χ4v) is 2.12. The Morgan fingerprint density at radius 1 is 1.42 bits per heavy atom. The SMILES string of the molecule is CN(C)CCn1ncc(Cl)c1C(O)c1ccc(Cl)o1. The molecule has 0 spiro atoms. The van der Waals surface area contributed by atoms with Gasteiger partial charge in [-0.25, -0.2) is 0 Å². The Kier molecular flexibility index (Phi) is 4.52. The van der Waals surface area contributed by atoms with Crippen LogP contribution in [0.5, 0.6) is 0 Å². The summed E-state index contributed by atoms with van der Waals surface area (Å²) in [6, 6.07) is 3.20. The normalized spacial score (nSPS) is 13.2. The van der Waals surface area contributed by atoms with E-state index in [-0.39, 0.29) is 5.22 Å². The van der Waals surface area contributed by atoms with Crippen molar-refractivity contribution in [3.63, 3.8) is 0 Å². The summed E-state index contributed by atoms with van der Waals surface area (Å²) in [6.07, 6.45) is 0.532. The Balaban J connectivity index is 2.25. The average molecular weight is 304 g/mol. The third kappa shape index (κ3) is 3.30. The zero-order valence-electron chi connectivity index (χ0n) is 10.7. The minimum atomic E-state index is -0.982. The number of halogens is 2. The van der Waals surface area contributed by atoms with Crippen molar-refractivity contribution in [1.29, 1.82) is 0 Å². The van der Waals surface area contributed by atoms with Gasteiger partial charge in [0, 0.05) is 6.54 Å². The number of aliphatic hydroxyl groups excluding tert-OH is 1. The second-order valence-corrected chi connectivity index (χ2v) is 5.23. The maximum absolute atomic E-state index is 10.3. The first-order valence-corrected chi connectivity index (χ1v) is 6.54. The molecule has 0 bridgehead atoms. The Morgan fingerprint density at radius 3 is 2.74 bits per heavy atom. The second-order valence-electron chi connectivity index (χ2n) is 4.45. The van der Waals surface area contributed by atoms with E-state index < -0.39 is 6.10 Å². The predicted molar refractivity (Wildman–Crippen MR) is 73.6 cm³/mol. The lowest BCUT2D eigenvalue weighted by Crippen LogP contribution is -2.21. The largest absolute Gasteiger partial charge is 0.447 e. The summed E-state index contributed by atoms with van der Waals surface area (Å²) in [4.78, 5) is 2.02. The van der Waals surface area contributed by atoms with Gasteiger partial charge in [-0.3, -0.25) is 4.68 Å². The maximum Gasteiger partial charge on any atom is 0.193 e. The smallest absolute Gasteiger partial charge is 0.193 e. The summed E-state index contributed by atoms with van der Waals surface area (Å²) in [5.41, 5.74) is 0.509. The van der Waals surface area contributed by atoms with E-state index in [9.17, 15) is 5.11 Å². The Morgan fingerprint density at radius 2 is 2.16 bits per heavy atom. The van der Waals surface area contributed by atoms with E-state index in [0.717, 1.165) is 6.54 Å². The molecule has 0 radical (unpaired) electrons. The molecule has 2 rings (SSSR count). The van der Waals surface area contributed by atoms with E-state index in [4.69, 9.17) is 27.6 Å². The summed E-state index contributed by atoms with van der Waals surface area (Å²) >= 11 is 11.8. The first-order chi connectivity index (χ1) is 8.99. The molecule has 0 saturated carbocycles. The molecule has 0 saturated heterocycles. The summed E-state index contributed by atoms with van der Waals surface area (Å²) in [5, 5.41) is 15.1. The molecule has 1 atom stereocenters. The third-order valence-corrected chi connectivity index (χ3v) is 3.21. The number of rotatable bonds is 5. The summed E-state index contributed by atoms with van der Waals surface area (Å²) in [7, 11) is 3.93. The van der Waals surface area contributed by atoms with Gasteiger partial charge in [-0.15, -0.1) is 0 Å². The fourth-order valence-electron chi connectivity index (χ4n) is 1.73. The van der Waals surface area contributed by atoms with E-state index in [0.29, 0.717) is 23.0 Å². The monoisotopic (exact) mass is 303 g/mol. The lowest BCUT2D eigenvalue weighted by Gasteiger charge is -2.14. The summed E-state index contributed by atoms with van der Waals surface area (Å²) in [5.74, 6) is 0.346. The molecule has 1 unspecified atom stereocenters. The van der Waals surface area contributed by atoms with Crippen LogP contribution < -0.4 is 0 Å². The summed E-state index contributed by atoms with van der Waals surface area (Å²) < 4.78 is 6.88. The first-order valence-electron chi connectivity index (χ1n) is 5.78. The Labute approximate surface area is 121 Å². The zero-order valence-corrected chi connectivity index (χ0v) is 12.2. The zero-order chi connectivity index (χ0) is 14.0. The van der Waals surface area contributed by atoms with Crippen LogP contribution in [0.3, 0.4) is 0 Å². The van der Waals surface area contributed by atoms with Crippen molar-refractivity contribution in [3.05, 3.63) is 40.0 Å².